The monoisotopic (exact) mass is 330 g/mol. The Hall–Kier alpha value is -1.71. The van der Waals surface area contributed by atoms with Gasteiger partial charge in [-0.05, 0) is 55.6 Å². The maximum atomic E-state index is 14.3. The highest BCUT2D eigenvalue weighted by atomic mass is 19.1. The van der Waals surface area contributed by atoms with Gasteiger partial charge in [-0.2, -0.15) is 5.10 Å². The molecule has 24 heavy (non-hydrogen) atoms. The number of hydrogen-bond donors (Lipinski definition) is 0. The zero-order chi connectivity index (χ0) is 17.1. The molecule has 0 spiro atoms. The third-order valence-electron chi connectivity index (χ3n) is 5.51. The fourth-order valence-electron chi connectivity index (χ4n) is 4.33. The molecule has 1 aromatic heterocycles. The van der Waals surface area contributed by atoms with Gasteiger partial charge in [0.15, 0.2) is 5.82 Å². The molecule has 1 fully saturated rings. The van der Waals surface area contributed by atoms with Gasteiger partial charge in [0.1, 0.15) is 11.5 Å². The minimum Gasteiger partial charge on any atom is -0.234 e. The summed E-state index contributed by atoms with van der Waals surface area (Å²) in [6, 6.07) is 3.78. The van der Waals surface area contributed by atoms with Crippen LogP contribution >= 0.6 is 0 Å². The summed E-state index contributed by atoms with van der Waals surface area (Å²) in [6.45, 7) is 6.70. The first kappa shape index (κ1) is 15.8. The Balaban J connectivity index is 1.79. The predicted molar refractivity (Wildman–Crippen MR) is 90.6 cm³/mol. The van der Waals surface area contributed by atoms with Crippen molar-refractivity contribution in [3.63, 3.8) is 0 Å². The summed E-state index contributed by atoms with van der Waals surface area (Å²) in [5.41, 5.74) is 4.29. The lowest BCUT2D eigenvalue weighted by atomic mass is 9.87. The molecule has 4 heteroatoms. The molecule has 0 radical (unpaired) electrons. The molecular weight excluding hydrogens is 306 g/mol. The van der Waals surface area contributed by atoms with E-state index in [0.717, 1.165) is 31.0 Å². The van der Waals surface area contributed by atoms with Crippen molar-refractivity contribution in [2.75, 3.05) is 0 Å². The Morgan fingerprint density at radius 2 is 1.92 bits per heavy atom. The van der Waals surface area contributed by atoms with Gasteiger partial charge in [-0.1, -0.05) is 20.8 Å². The third kappa shape index (κ3) is 2.56. The lowest BCUT2D eigenvalue weighted by Gasteiger charge is -2.18. The maximum absolute atomic E-state index is 14.3. The summed E-state index contributed by atoms with van der Waals surface area (Å²) >= 11 is 0. The number of halogens is 2. The molecule has 4 rings (SSSR count). The molecule has 1 aromatic carbocycles. The Morgan fingerprint density at radius 1 is 1.17 bits per heavy atom. The highest BCUT2D eigenvalue weighted by molar-refractivity contribution is 5.46. The van der Waals surface area contributed by atoms with Crippen LogP contribution in [0.3, 0.4) is 0 Å². The Kier molecular flexibility index (Phi) is 3.55. The highest BCUT2D eigenvalue weighted by Crippen LogP contribution is 2.55. The molecule has 2 unspecified atom stereocenters. The number of rotatable bonds is 3. The number of benzene rings is 1. The highest BCUT2D eigenvalue weighted by Gasteiger charge is 2.42. The van der Waals surface area contributed by atoms with Gasteiger partial charge in [-0.15, -0.1) is 0 Å². The first-order valence-electron chi connectivity index (χ1n) is 8.90. The largest absolute Gasteiger partial charge is 0.234 e. The molecule has 2 aliphatic rings. The van der Waals surface area contributed by atoms with Gasteiger partial charge < -0.3 is 0 Å². The first-order valence-corrected chi connectivity index (χ1v) is 8.90. The zero-order valence-corrected chi connectivity index (χ0v) is 14.6. The van der Waals surface area contributed by atoms with Gasteiger partial charge in [0, 0.05) is 17.5 Å². The molecule has 2 atom stereocenters. The number of aryl methyl sites for hydroxylation is 1. The van der Waals surface area contributed by atoms with Crippen LogP contribution in [0.5, 0.6) is 0 Å². The van der Waals surface area contributed by atoms with Crippen LogP contribution in [0.2, 0.25) is 0 Å². The lowest BCUT2D eigenvalue weighted by Crippen LogP contribution is -2.08. The van der Waals surface area contributed by atoms with Crippen LogP contribution < -0.4 is 0 Å². The van der Waals surface area contributed by atoms with E-state index in [0.29, 0.717) is 17.5 Å². The molecule has 128 valence electrons. The van der Waals surface area contributed by atoms with Crippen LogP contribution in [0, 0.1) is 17.0 Å². The van der Waals surface area contributed by atoms with Gasteiger partial charge >= 0.3 is 0 Å². The molecule has 0 N–H and O–H groups in total. The average molecular weight is 330 g/mol. The smallest absolute Gasteiger partial charge is 0.151 e. The van der Waals surface area contributed by atoms with Crippen molar-refractivity contribution in [1.82, 2.24) is 9.78 Å². The number of nitrogens with zero attached hydrogens (tertiary/aromatic N) is 2. The third-order valence-corrected chi connectivity index (χ3v) is 5.51. The second-order valence-corrected chi connectivity index (χ2v) is 8.52. The van der Waals surface area contributed by atoms with Crippen molar-refractivity contribution in [3.8, 4) is 5.69 Å². The molecular formula is C20H24F2N2. The van der Waals surface area contributed by atoms with Gasteiger partial charge in [0.25, 0.3) is 0 Å². The van der Waals surface area contributed by atoms with Gasteiger partial charge in [0.05, 0.1) is 11.4 Å². The second-order valence-electron chi connectivity index (χ2n) is 8.52. The predicted octanol–water partition coefficient (Wildman–Crippen LogP) is 5.49. The molecule has 1 saturated carbocycles. The van der Waals surface area contributed by atoms with E-state index in [2.05, 4.69) is 20.8 Å². The van der Waals surface area contributed by atoms with E-state index in [4.69, 9.17) is 5.10 Å². The van der Waals surface area contributed by atoms with E-state index >= 15 is 0 Å². The second kappa shape index (κ2) is 5.40. The standard InChI is InChI=1S/C20H24F2N2/c1-20(2,3)9-8-16-18-12-4-5-13(10-12)19(18)24(23-16)17-7-6-14(21)11-15(17)22/h6-7,11-13H,4-5,8-10H2,1-3H3. The molecule has 0 amide bonds. The van der Waals surface area contributed by atoms with E-state index in [-0.39, 0.29) is 5.41 Å². The summed E-state index contributed by atoms with van der Waals surface area (Å²) in [7, 11) is 0. The minimum atomic E-state index is -0.547. The fraction of sp³-hybridized carbons (Fsp3) is 0.550. The first-order chi connectivity index (χ1) is 11.3. The summed E-state index contributed by atoms with van der Waals surface area (Å²) in [5.74, 6) is -0.0254. The number of hydrogen-bond acceptors (Lipinski definition) is 1. The van der Waals surface area contributed by atoms with Gasteiger partial charge in [-0.25, -0.2) is 13.5 Å². The topological polar surface area (TPSA) is 17.8 Å². The number of fused-ring (bicyclic) bond motifs is 5. The van der Waals surface area contributed by atoms with Crippen molar-refractivity contribution in [2.45, 2.75) is 64.7 Å². The van der Waals surface area contributed by atoms with Crippen molar-refractivity contribution in [3.05, 3.63) is 46.8 Å². The van der Waals surface area contributed by atoms with Crippen molar-refractivity contribution in [1.29, 1.82) is 0 Å². The van der Waals surface area contributed by atoms with Crippen LogP contribution in [0.4, 0.5) is 8.78 Å². The van der Waals surface area contributed by atoms with E-state index in [1.54, 1.807) is 4.68 Å². The fourth-order valence-corrected chi connectivity index (χ4v) is 4.33. The summed E-state index contributed by atoms with van der Waals surface area (Å²) < 4.78 is 29.4. The SMILES string of the molecule is CC(C)(C)CCc1nn(-c2ccc(F)cc2F)c2c1C1CCC2C1. The van der Waals surface area contributed by atoms with Crippen molar-refractivity contribution >= 4 is 0 Å². The Morgan fingerprint density at radius 3 is 2.62 bits per heavy atom. The summed E-state index contributed by atoms with van der Waals surface area (Å²) in [5, 5.41) is 4.79. The van der Waals surface area contributed by atoms with Crippen LogP contribution in [-0.4, -0.2) is 9.78 Å². The van der Waals surface area contributed by atoms with Crippen LogP contribution in [0.1, 0.15) is 75.2 Å². The maximum Gasteiger partial charge on any atom is 0.151 e. The molecule has 0 saturated heterocycles. The molecule has 2 aromatic rings. The van der Waals surface area contributed by atoms with E-state index in [1.807, 2.05) is 0 Å². The molecule has 2 bridgehead atoms. The van der Waals surface area contributed by atoms with Crippen molar-refractivity contribution < 1.29 is 8.78 Å². The Labute approximate surface area is 141 Å². The van der Waals surface area contributed by atoms with Gasteiger partial charge in [0.2, 0.25) is 0 Å². The summed E-state index contributed by atoms with van der Waals surface area (Å²) in [6.07, 6.45) is 5.52. The van der Waals surface area contributed by atoms with Crippen LogP contribution in [0.25, 0.3) is 5.69 Å². The Bertz CT molecular complexity index is 786. The van der Waals surface area contributed by atoms with Gasteiger partial charge in [-0.3, -0.25) is 0 Å². The van der Waals surface area contributed by atoms with E-state index < -0.39 is 11.6 Å². The van der Waals surface area contributed by atoms with E-state index in [9.17, 15) is 8.78 Å². The van der Waals surface area contributed by atoms with Crippen LogP contribution in [-0.2, 0) is 6.42 Å². The quantitative estimate of drug-likeness (QED) is 0.727. The van der Waals surface area contributed by atoms with E-state index in [1.165, 1.54) is 36.2 Å². The average Bonchev–Trinajstić information content (AvgIpc) is 3.16. The number of aromatic nitrogens is 2. The van der Waals surface area contributed by atoms with Crippen molar-refractivity contribution in [2.24, 2.45) is 5.41 Å². The molecule has 1 heterocycles. The molecule has 0 aliphatic heterocycles. The minimum absolute atomic E-state index is 0.245. The zero-order valence-electron chi connectivity index (χ0n) is 14.6. The summed E-state index contributed by atoms with van der Waals surface area (Å²) in [4.78, 5) is 0. The molecule has 2 aliphatic carbocycles. The molecule has 2 nitrogen and oxygen atoms in total. The lowest BCUT2D eigenvalue weighted by molar-refractivity contribution is 0.375. The van der Waals surface area contributed by atoms with Crippen LogP contribution in [0.15, 0.2) is 18.2 Å². The normalized spacial score (nSPS) is 22.2.